The standard InChI is InChI=1S/C21H25F2N3O2/c22-18-7-6-15(12-19(18)23)14-26-10-8-17(9-11-26)25-21(28)24-13-20(27)16-4-2-1-3-5-16/h1-7,12,17,20,27H,8-11,13-14H2,(H2,24,25,28). The lowest BCUT2D eigenvalue weighted by Gasteiger charge is -2.32. The Bertz CT molecular complexity index is 780. The molecule has 0 aliphatic carbocycles. The van der Waals surface area contributed by atoms with Crippen LogP contribution in [0.15, 0.2) is 48.5 Å². The van der Waals surface area contributed by atoms with Crippen molar-refractivity contribution in [1.29, 1.82) is 0 Å². The second kappa shape index (κ2) is 9.61. The Balaban J connectivity index is 1.37. The first-order valence-electron chi connectivity index (χ1n) is 9.45. The van der Waals surface area contributed by atoms with Crippen molar-refractivity contribution in [2.24, 2.45) is 0 Å². The predicted molar refractivity (Wildman–Crippen MR) is 103 cm³/mol. The molecule has 1 atom stereocenters. The maximum atomic E-state index is 13.3. The molecule has 7 heteroatoms. The number of halogens is 2. The van der Waals surface area contributed by atoms with Crippen LogP contribution in [0.1, 0.15) is 30.1 Å². The number of hydrogen-bond acceptors (Lipinski definition) is 3. The van der Waals surface area contributed by atoms with E-state index in [0.717, 1.165) is 43.1 Å². The summed E-state index contributed by atoms with van der Waals surface area (Å²) < 4.78 is 26.3. The zero-order valence-electron chi connectivity index (χ0n) is 15.6. The molecule has 1 unspecified atom stereocenters. The molecular formula is C21H25F2N3O2. The second-order valence-electron chi connectivity index (χ2n) is 7.08. The van der Waals surface area contributed by atoms with Crippen molar-refractivity contribution in [3.63, 3.8) is 0 Å². The minimum Gasteiger partial charge on any atom is -0.387 e. The minimum absolute atomic E-state index is 0.0510. The third-order valence-electron chi connectivity index (χ3n) is 4.95. The highest BCUT2D eigenvalue weighted by atomic mass is 19.2. The number of likely N-dealkylation sites (tertiary alicyclic amines) is 1. The van der Waals surface area contributed by atoms with Crippen molar-refractivity contribution in [2.45, 2.75) is 31.5 Å². The Kier molecular flexibility index (Phi) is 6.95. The van der Waals surface area contributed by atoms with Crippen LogP contribution in [0.3, 0.4) is 0 Å². The van der Waals surface area contributed by atoms with Crippen molar-refractivity contribution in [3.05, 3.63) is 71.3 Å². The van der Waals surface area contributed by atoms with Gasteiger partial charge in [0.2, 0.25) is 0 Å². The average molecular weight is 389 g/mol. The fraction of sp³-hybridized carbons (Fsp3) is 0.381. The van der Waals surface area contributed by atoms with Crippen LogP contribution in [-0.4, -0.2) is 41.7 Å². The smallest absolute Gasteiger partial charge is 0.315 e. The van der Waals surface area contributed by atoms with Gasteiger partial charge in [0.15, 0.2) is 11.6 Å². The number of rotatable bonds is 6. The lowest BCUT2D eigenvalue weighted by atomic mass is 10.0. The van der Waals surface area contributed by atoms with Crippen LogP contribution < -0.4 is 10.6 Å². The van der Waals surface area contributed by atoms with Gasteiger partial charge >= 0.3 is 6.03 Å². The lowest BCUT2D eigenvalue weighted by Crippen LogP contribution is -2.48. The molecule has 5 nitrogen and oxygen atoms in total. The van der Waals surface area contributed by atoms with Crippen LogP contribution in [0.5, 0.6) is 0 Å². The van der Waals surface area contributed by atoms with E-state index in [0.29, 0.717) is 6.54 Å². The third-order valence-corrected chi connectivity index (χ3v) is 4.95. The number of urea groups is 1. The van der Waals surface area contributed by atoms with Gasteiger partial charge in [-0.1, -0.05) is 36.4 Å². The molecule has 2 amide bonds. The molecule has 0 radical (unpaired) electrons. The third kappa shape index (κ3) is 5.74. The summed E-state index contributed by atoms with van der Waals surface area (Å²) in [6, 6.07) is 12.9. The lowest BCUT2D eigenvalue weighted by molar-refractivity contribution is 0.167. The summed E-state index contributed by atoms with van der Waals surface area (Å²) in [5.74, 6) is -1.67. The highest BCUT2D eigenvalue weighted by Crippen LogP contribution is 2.16. The number of benzene rings is 2. The van der Waals surface area contributed by atoms with E-state index >= 15 is 0 Å². The number of nitrogens with one attached hydrogen (secondary N) is 2. The predicted octanol–water partition coefficient (Wildman–Crippen LogP) is 2.96. The summed E-state index contributed by atoms with van der Waals surface area (Å²) in [6.45, 7) is 2.22. The molecule has 1 fully saturated rings. The molecular weight excluding hydrogens is 364 g/mol. The van der Waals surface area contributed by atoms with Gasteiger partial charge in [0.05, 0.1) is 6.10 Å². The number of carbonyl (C=O) groups excluding carboxylic acids is 1. The van der Waals surface area contributed by atoms with Gasteiger partial charge in [-0.05, 0) is 36.1 Å². The van der Waals surface area contributed by atoms with Crippen LogP contribution in [0.4, 0.5) is 13.6 Å². The van der Waals surface area contributed by atoms with E-state index in [1.165, 1.54) is 6.07 Å². The van der Waals surface area contributed by atoms with E-state index in [1.807, 2.05) is 30.3 Å². The van der Waals surface area contributed by atoms with E-state index in [-0.39, 0.29) is 18.6 Å². The normalized spacial score (nSPS) is 16.5. The monoisotopic (exact) mass is 389 g/mol. The number of aliphatic hydroxyl groups is 1. The quantitative estimate of drug-likeness (QED) is 0.712. The van der Waals surface area contributed by atoms with Gasteiger partial charge in [0.1, 0.15) is 0 Å². The van der Waals surface area contributed by atoms with Gasteiger partial charge < -0.3 is 15.7 Å². The van der Waals surface area contributed by atoms with Crippen LogP contribution in [0.2, 0.25) is 0 Å². The summed E-state index contributed by atoms with van der Waals surface area (Å²) in [4.78, 5) is 14.2. The number of carbonyl (C=O) groups is 1. The van der Waals surface area contributed by atoms with Crippen molar-refractivity contribution >= 4 is 6.03 Å². The molecule has 2 aromatic carbocycles. The Morgan fingerprint density at radius 3 is 2.50 bits per heavy atom. The fourth-order valence-corrected chi connectivity index (χ4v) is 3.35. The van der Waals surface area contributed by atoms with Crippen LogP contribution >= 0.6 is 0 Å². The molecule has 2 aromatic rings. The molecule has 1 aliphatic heterocycles. The first kappa shape index (κ1) is 20.2. The van der Waals surface area contributed by atoms with Crippen LogP contribution in [0, 0.1) is 11.6 Å². The largest absolute Gasteiger partial charge is 0.387 e. The summed E-state index contributed by atoms with van der Waals surface area (Å²) >= 11 is 0. The summed E-state index contributed by atoms with van der Waals surface area (Å²) in [6.07, 6.45) is 0.807. The molecule has 0 bridgehead atoms. The van der Waals surface area contributed by atoms with E-state index in [1.54, 1.807) is 6.07 Å². The van der Waals surface area contributed by atoms with Gasteiger partial charge in [-0.2, -0.15) is 0 Å². The van der Waals surface area contributed by atoms with Crippen molar-refractivity contribution in [3.8, 4) is 0 Å². The summed E-state index contributed by atoms with van der Waals surface area (Å²) in [5.41, 5.74) is 1.49. The van der Waals surface area contributed by atoms with E-state index in [2.05, 4.69) is 15.5 Å². The highest BCUT2D eigenvalue weighted by Gasteiger charge is 2.21. The van der Waals surface area contributed by atoms with E-state index in [4.69, 9.17) is 0 Å². The van der Waals surface area contributed by atoms with Gasteiger partial charge in [-0.3, -0.25) is 4.90 Å². The maximum Gasteiger partial charge on any atom is 0.315 e. The molecule has 0 aromatic heterocycles. The Labute approximate surface area is 163 Å². The topological polar surface area (TPSA) is 64.6 Å². The molecule has 1 heterocycles. The zero-order valence-corrected chi connectivity index (χ0v) is 15.6. The fourth-order valence-electron chi connectivity index (χ4n) is 3.35. The zero-order chi connectivity index (χ0) is 19.9. The molecule has 3 N–H and O–H groups in total. The molecule has 3 rings (SSSR count). The SMILES string of the molecule is O=C(NCC(O)c1ccccc1)NC1CCN(Cc2ccc(F)c(F)c2)CC1. The number of hydrogen-bond donors (Lipinski definition) is 3. The van der Waals surface area contributed by atoms with Gasteiger partial charge in [0, 0.05) is 32.2 Å². The minimum atomic E-state index is -0.838. The Morgan fingerprint density at radius 2 is 1.82 bits per heavy atom. The van der Waals surface area contributed by atoms with Crippen LogP contribution in [0.25, 0.3) is 0 Å². The van der Waals surface area contributed by atoms with Crippen LogP contribution in [-0.2, 0) is 6.54 Å². The second-order valence-corrected chi connectivity index (χ2v) is 7.08. The molecule has 1 aliphatic rings. The summed E-state index contributed by atoms with van der Waals surface area (Å²) in [5, 5.41) is 15.7. The molecule has 1 saturated heterocycles. The molecule has 28 heavy (non-hydrogen) atoms. The first-order valence-corrected chi connectivity index (χ1v) is 9.45. The first-order chi connectivity index (χ1) is 13.5. The molecule has 150 valence electrons. The Hall–Kier alpha value is -2.51. The maximum absolute atomic E-state index is 13.3. The number of nitrogens with zero attached hydrogens (tertiary/aromatic N) is 1. The van der Waals surface area contributed by atoms with Gasteiger partial charge in [-0.25, -0.2) is 13.6 Å². The van der Waals surface area contributed by atoms with E-state index in [9.17, 15) is 18.7 Å². The number of amides is 2. The van der Waals surface area contributed by atoms with Crippen molar-refractivity contribution in [1.82, 2.24) is 15.5 Å². The summed E-state index contributed by atoms with van der Waals surface area (Å²) in [7, 11) is 0. The van der Waals surface area contributed by atoms with Gasteiger partial charge in [0.25, 0.3) is 0 Å². The average Bonchev–Trinajstić information content (AvgIpc) is 2.71. The molecule has 0 spiro atoms. The highest BCUT2D eigenvalue weighted by molar-refractivity contribution is 5.74. The molecule has 0 saturated carbocycles. The van der Waals surface area contributed by atoms with Crippen molar-refractivity contribution in [2.75, 3.05) is 19.6 Å². The van der Waals surface area contributed by atoms with Crippen molar-refractivity contribution < 1.29 is 18.7 Å². The van der Waals surface area contributed by atoms with Gasteiger partial charge in [-0.15, -0.1) is 0 Å². The van der Waals surface area contributed by atoms with E-state index < -0.39 is 17.7 Å². The Morgan fingerprint density at radius 1 is 1.11 bits per heavy atom. The number of aliphatic hydroxyl groups excluding tert-OH is 1. The number of piperidine rings is 1.